The van der Waals surface area contributed by atoms with E-state index >= 15 is 0 Å². The van der Waals surface area contributed by atoms with Crippen LogP contribution >= 0.6 is 0 Å². The summed E-state index contributed by atoms with van der Waals surface area (Å²) in [6.07, 6.45) is 4.15. The van der Waals surface area contributed by atoms with Gasteiger partial charge in [0.25, 0.3) is 0 Å². The first-order valence-electron chi connectivity index (χ1n) is 4.98. The van der Waals surface area contributed by atoms with Gasteiger partial charge in [0.2, 0.25) is 0 Å². The summed E-state index contributed by atoms with van der Waals surface area (Å²) in [5.74, 6) is 0.710. The van der Waals surface area contributed by atoms with E-state index in [1.807, 2.05) is 32.2 Å². The van der Waals surface area contributed by atoms with Crippen molar-refractivity contribution in [3.63, 3.8) is 0 Å². The van der Waals surface area contributed by atoms with E-state index < -0.39 is 0 Å². The van der Waals surface area contributed by atoms with Crippen LogP contribution in [0, 0.1) is 6.92 Å². The highest BCUT2D eigenvalue weighted by Crippen LogP contribution is 2.17. The molecule has 3 heteroatoms. The van der Waals surface area contributed by atoms with Crippen molar-refractivity contribution >= 4 is 17.2 Å². The Morgan fingerprint density at radius 1 is 1.47 bits per heavy atom. The van der Waals surface area contributed by atoms with Crippen molar-refractivity contribution in [2.75, 3.05) is 13.6 Å². The average molecular weight is 202 g/mol. The number of hydrogen-bond acceptors (Lipinski definition) is 3. The predicted molar refractivity (Wildman–Crippen MR) is 61.7 cm³/mol. The molecule has 0 radical (unpaired) electrons. The maximum atomic E-state index is 5.40. The quantitative estimate of drug-likeness (QED) is 0.830. The van der Waals surface area contributed by atoms with Gasteiger partial charge in [-0.15, -0.1) is 0 Å². The molecule has 0 saturated heterocycles. The number of benzene rings is 1. The maximum Gasteiger partial charge on any atom is 0.192 e. The lowest BCUT2D eigenvalue weighted by Gasteiger charge is -1.92. The molecule has 1 heterocycles. The molecule has 0 spiro atoms. The molecular weight excluding hydrogens is 188 g/mol. The van der Waals surface area contributed by atoms with Gasteiger partial charge in [0, 0.05) is 13.5 Å². The Kier molecular flexibility index (Phi) is 2.83. The summed E-state index contributed by atoms with van der Waals surface area (Å²) in [5.41, 5.74) is 2.91. The molecule has 1 aromatic carbocycles. The SMILES string of the molecule is CNCC=Cc1ccc2oc(C)nc2c1. The molecule has 0 aliphatic rings. The van der Waals surface area contributed by atoms with Gasteiger partial charge in [-0.3, -0.25) is 0 Å². The second kappa shape index (κ2) is 4.28. The molecule has 1 aromatic heterocycles. The van der Waals surface area contributed by atoms with Gasteiger partial charge >= 0.3 is 0 Å². The van der Waals surface area contributed by atoms with Crippen LogP contribution in [0.1, 0.15) is 11.5 Å². The molecule has 0 fully saturated rings. The van der Waals surface area contributed by atoms with E-state index in [4.69, 9.17) is 4.42 Å². The van der Waals surface area contributed by atoms with Crippen molar-refractivity contribution in [1.82, 2.24) is 10.3 Å². The summed E-state index contributed by atoms with van der Waals surface area (Å²) in [6.45, 7) is 2.73. The topological polar surface area (TPSA) is 38.1 Å². The number of oxazole rings is 1. The lowest BCUT2D eigenvalue weighted by Crippen LogP contribution is -2.03. The first-order valence-corrected chi connectivity index (χ1v) is 4.98. The number of aryl methyl sites for hydroxylation is 1. The van der Waals surface area contributed by atoms with E-state index in [2.05, 4.69) is 22.5 Å². The summed E-state index contributed by atoms with van der Waals surface area (Å²) >= 11 is 0. The smallest absolute Gasteiger partial charge is 0.192 e. The highest BCUT2D eigenvalue weighted by atomic mass is 16.3. The van der Waals surface area contributed by atoms with E-state index in [0.717, 1.165) is 23.2 Å². The van der Waals surface area contributed by atoms with E-state index in [0.29, 0.717) is 5.89 Å². The Balaban J connectivity index is 2.30. The molecule has 0 saturated carbocycles. The Bertz CT molecular complexity index is 485. The van der Waals surface area contributed by atoms with Gasteiger partial charge in [-0.05, 0) is 24.7 Å². The Morgan fingerprint density at radius 3 is 3.13 bits per heavy atom. The van der Waals surface area contributed by atoms with Gasteiger partial charge in [-0.2, -0.15) is 0 Å². The van der Waals surface area contributed by atoms with Crippen LogP contribution < -0.4 is 5.32 Å². The minimum Gasteiger partial charge on any atom is -0.441 e. The zero-order chi connectivity index (χ0) is 10.7. The second-order valence-corrected chi connectivity index (χ2v) is 3.42. The molecule has 3 nitrogen and oxygen atoms in total. The van der Waals surface area contributed by atoms with Gasteiger partial charge in [-0.25, -0.2) is 4.98 Å². The van der Waals surface area contributed by atoms with Crippen LogP contribution in [0.5, 0.6) is 0 Å². The molecule has 0 unspecified atom stereocenters. The van der Waals surface area contributed by atoms with Crippen molar-refractivity contribution in [2.24, 2.45) is 0 Å². The third-order valence-corrected chi connectivity index (χ3v) is 2.15. The zero-order valence-corrected chi connectivity index (χ0v) is 8.95. The van der Waals surface area contributed by atoms with E-state index in [1.54, 1.807) is 0 Å². The zero-order valence-electron chi connectivity index (χ0n) is 8.95. The predicted octanol–water partition coefficient (Wildman–Crippen LogP) is 2.37. The molecule has 78 valence electrons. The lowest BCUT2D eigenvalue weighted by molar-refractivity contribution is 0.561. The molecule has 0 bridgehead atoms. The van der Waals surface area contributed by atoms with Crippen molar-refractivity contribution in [3.8, 4) is 0 Å². The molecule has 0 aliphatic carbocycles. The average Bonchev–Trinajstić information content (AvgIpc) is 2.57. The summed E-state index contributed by atoms with van der Waals surface area (Å²) in [4.78, 5) is 4.29. The Labute approximate surface area is 88.8 Å². The molecule has 2 rings (SSSR count). The van der Waals surface area contributed by atoms with Gasteiger partial charge in [0.15, 0.2) is 11.5 Å². The number of likely N-dealkylation sites (N-methyl/N-ethyl adjacent to an activating group) is 1. The molecule has 1 N–H and O–H groups in total. The standard InChI is InChI=1S/C12H14N2O/c1-9-14-11-8-10(4-3-7-13-2)5-6-12(11)15-9/h3-6,8,13H,7H2,1-2H3. The van der Waals surface area contributed by atoms with Gasteiger partial charge in [0.1, 0.15) is 5.52 Å². The summed E-state index contributed by atoms with van der Waals surface area (Å²) in [7, 11) is 1.93. The second-order valence-electron chi connectivity index (χ2n) is 3.42. The Morgan fingerprint density at radius 2 is 2.33 bits per heavy atom. The highest BCUT2D eigenvalue weighted by molar-refractivity contribution is 5.76. The molecular formula is C12H14N2O. The number of aromatic nitrogens is 1. The first-order chi connectivity index (χ1) is 7.29. The van der Waals surface area contributed by atoms with Crippen LogP contribution in [0.4, 0.5) is 0 Å². The third kappa shape index (κ3) is 2.25. The fourth-order valence-corrected chi connectivity index (χ4v) is 1.48. The van der Waals surface area contributed by atoms with Crippen molar-refractivity contribution in [2.45, 2.75) is 6.92 Å². The lowest BCUT2D eigenvalue weighted by atomic mass is 10.2. The van der Waals surface area contributed by atoms with Crippen molar-refractivity contribution in [1.29, 1.82) is 0 Å². The van der Waals surface area contributed by atoms with E-state index in [1.165, 1.54) is 0 Å². The largest absolute Gasteiger partial charge is 0.441 e. The summed E-state index contributed by atoms with van der Waals surface area (Å²) < 4.78 is 5.40. The van der Waals surface area contributed by atoms with Crippen molar-refractivity contribution < 1.29 is 4.42 Å². The van der Waals surface area contributed by atoms with Gasteiger partial charge in [0.05, 0.1) is 0 Å². The molecule has 0 amide bonds. The number of hydrogen-bond donors (Lipinski definition) is 1. The number of nitrogens with one attached hydrogen (secondary N) is 1. The fraction of sp³-hybridized carbons (Fsp3) is 0.250. The normalized spacial score (nSPS) is 11.6. The minimum absolute atomic E-state index is 0.710. The third-order valence-electron chi connectivity index (χ3n) is 2.15. The minimum atomic E-state index is 0.710. The van der Waals surface area contributed by atoms with Crippen LogP contribution in [0.2, 0.25) is 0 Å². The monoisotopic (exact) mass is 202 g/mol. The number of nitrogens with zero attached hydrogens (tertiary/aromatic N) is 1. The summed E-state index contributed by atoms with van der Waals surface area (Å²) in [6, 6.07) is 6.01. The van der Waals surface area contributed by atoms with E-state index in [9.17, 15) is 0 Å². The van der Waals surface area contributed by atoms with E-state index in [-0.39, 0.29) is 0 Å². The van der Waals surface area contributed by atoms with Crippen LogP contribution in [0.25, 0.3) is 17.2 Å². The highest BCUT2D eigenvalue weighted by Gasteiger charge is 2.00. The van der Waals surface area contributed by atoms with Crippen LogP contribution in [-0.4, -0.2) is 18.6 Å². The molecule has 0 aliphatic heterocycles. The maximum absolute atomic E-state index is 5.40. The first kappa shape index (κ1) is 9.93. The molecule has 0 atom stereocenters. The van der Waals surface area contributed by atoms with Crippen molar-refractivity contribution in [3.05, 3.63) is 35.7 Å². The van der Waals surface area contributed by atoms with Gasteiger partial charge < -0.3 is 9.73 Å². The fourth-order valence-electron chi connectivity index (χ4n) is 1.48. The molecule has 2 aromatic rings. The van der Waals surface area contributed by atoms with Crippen LogP contribution in [-0.2, 0) is 0 Å². The van der Waals surface area contributed by atoms with Gasteiger partial charge in [-0.1, -0.05) is 18.2 Å². The van der Waals surface area contributed by atoms with Crippen LogP contribution in [0.15, 0.2) is 28.7 Å². The summed E-state index contributed by atoms with van der Waals surface area (Å²) in [5, 5.41) is 3.06. The number of rotatable bonds is 3. The van der Waals surface area contributed by atoms with Crippen LogP contribution in [0.3, 0.4) is 0 Å². The molecule has 15 heavy (non-hydrogen) atoms. The Hall–Kier alpha value is -1.61. The number of fused-ring (bicyclic) bond motifs is 1.